The molecule has 0 amide bonds. The molecule has 154 valence electrons. The molecule has 0 spiro atoms. The minimum Gasteiger partial charge on any atom is -0.504 e. The number of nitrogens with two attached hydrogens (primary N) is 1. The highest BCUT2D eigenvalue weighted by molar-refractivity contribution is 7.46. The standard InChI is InChI=1S/C15H21N4O8P/c1-15(21)11(20)9(6-26-28(22,23)24)27-14(15)19-5-8(3-4-25-2)10-12(16)17-7-18-13(10)19/h3-5,7,9,11,14,20-21H,6H2,1-2H3,(H2,16,17,18)(H2,22,23,24)/t9-,11-,14-,15-/m1/s1. The first kappa shape index (κ1) is 20.7. The number of hydrogen-bond acceptors (Lipinski definition) is 9. The van der Waals surface area contributed by atoms with Gasteiger partial charge in [-0.05, 0) is 13.0 Å². The molecule has 13 heteroatoms. The molecule has 3 rings (SSSR count). The normalized spacial score (nSPS) is 28.4. The summed E-state index contributed by atoms with van der Waals surface area (Å²) in [5.74, 6) is 0.194. The number of nitrogen functional groups attached to an aromatic ring is 1. The number of nitrogens with zero attached hydrogens (tertiary/aromatic N) is 3. The first-order valence-electron chi connectivity index (χ1n) is 8.12. The molecular formula is C15H21N4O8P. The van der Waals surface area contributed by atoms with Gasteiger partial charge in [-0.3, -0.25) is 4.52 Å². The van der Waals surface area contributed by atoms with Crippen molar-refractivity contribution in [1.29, 1.82) is 0 Å². The van der Waals surface area contributed by atoms with E-state index in [2.05, 4.69) is 14.5 Å². The lowest BCUT2D eigenvalue weighted by Crippen LogP contribution is -2.44. The van der Waals surface area contributed by atoms with E-state index in [0.29, 0.717) is 16.6 Å². The third-order valence-electron chi connectivity index (χ3n) is 4.47. The van der Waals surface area contributed by atoms with E-state index < -0.39 is 38.5 Å². The molecule has 0 aromatic carbocycles. The number of aliphatic hydroxyl groups is 2. The number of ether oxygens (including phenoxy) is 2. The minimum absolute atomic E-state index is 0.194. The Morgan fingerprint density at radius 3 is 2.82 bits per heavy atom. The minimum atomic E-state index is -4.77. The van der Waals surface area contributed by atoms with Crippen molar-refractivity contribution in [3.05, 3.63) is 24.3 Å². The number of methoxy groups -OCH3 is 1. The van der Waals surface area contributed by atoms with Gasteiger partial charge >= 0.3 is 7.82 Å². The average Bonchev–Trinajstić information content (AvgIpc) is 3.08. The summed E-state index contributed by atoms with van der Waals surface area (Å²) in [7, 11) is -3.30. The Morgan fingerprint density at radius 1 is 1.46 bits per heavy atom. The van der Waals surface area contributed by atoms with Crippen molar-refractivity contribution in [1.82, 2.24) is 14.5 Å². The number of aliphatic hydroxyl groups excluding tert-OH is 1. The fraction of sp³-hybridized carbons (Fsp3) is 0.467. The fourth-order valence-electron chi connectivity index (χ4n) is 3.13. The first-order chi connectivity index (χ1) is 13.1. The van der Waals surface area contributed by atoms with Crippen LogP contribution < -0.4 is 5.73 Å². The monoisotopic (exact) mass is 416 g/mol. The van der Waals surface area contributed by atoms with Crippen molar-refractivity contribution in [2.24, 2.45) is 0 Å². The number of hydrogen-bond donors (Lipinski definition) is 5. The second kappa shape index (κ2) is 7.41. The second-order valence-electron chi connectivity index (χ2n) is 6.47. The summed E-state index contributed by atoms with van der Waals surface area (Å²) in [6.45, 7) is 0.714. The van der Waals surface area contributed by atoms with Gasteiger partial charge in [-0.25, -0.2) is 14.5 Å². The molecule has 0 radical (unpaired) electrons. The molecular weight excluding hydrogens is 395 g/mol. The van der Waals surface area contributed by atoms with Crippen LogP contribution in [0.1, 0.15) is 18.7 Å². The molecule has 0 aliphatic carbocycles. The van der Waals surface area contributed by atoms with E-state index in [9.17, 15) is 14.8 Å². The van der Waals surface area contributed by atoms with Crippen LogP contribution in [0.3, 0.4) is 0 Å². The van der Waals surface area contributed by atoms with E-state index in [0.717, 1.165) is 0 Å². The lowest BCUT2D eigenvalue weighted by molar-refractivity contribution is -0.0947. The summed E-state index contributed by atoms with van der Waals surface area (Å²) in [4.78, 5) is 25.9. The number of phosphoric acid groups is 1. The van der Waals surface area contributed by atoms with Crippen LogP contribution in [0.2, 0.25) is 0 Å². The topological polar surface area (TPSA) is 182 Å². The molecule has 12 nitrogen and oxygen atoms in total. The molecule has 2 aromatic heterocycles. The fourth-order valence-corrected chi connectivity index (χ4v) is 3.47. The number of fused-ring (bicyclic) bond motifs is 1. The predicted molar refractivity (Wildman–Crippen MR) is 96.5 cm³/mol. The summed E-state index contributed by atoms with van der Waals surface area (Å²) in [6.07, 6.45) is 2.04. The summed E-state index contributed by atoms with van der Waals surface area (Å²) in [6, 6.07) is 0. The van der Waals surface area contributed by atoms with Gasteiger partial charge in [0.25, 0.3) is 0 Å². The molecule has 6 N–H and O–H groups in total. The van der Waals surface area contributed by atoms with Gasteiger partial charge < -0.3 is 39.8 Å². The number of phosphoric ester groups is 1. The predicted octanol–water partition coefficient (Wildman–Crippen LogP) is -0.251. The molecule has 1 saturated heterocycles. The van der Waals surface area contributed by atoms with E-state index in [4.69, 9.17) is 25.0 Å². The van der Waals surface area contributed by atoms with Crippen LogP contribution in [0.5, 0.6) is 0 Å². The lowest BCUT2D eigenvalue weighted by atomic mass is 9.96. The van der Waals surface area contributed by atoms with Crippen LogP contribution in [0, 0.1) is 0 Å². The molecule has 1 aliphatic rings. The van der Waals surface area contributed by atoms with Gasteiger partial charge in [0, 0.05) is 11.8 Å². The lowest BCUT2D eigenvalue weighted by Gasteiger charge is -2.27. The van der Waals surface area contributed by atoms with E-state index in [1.165, 1.54) is 31.2 Å². The first-order valence-corrected chi connectivity index (χ1v) is 9.65. The highest BCUT2D eigenvalue weighted by Crippen LogP contribution is 2.43. The van der Waals surface area contributed by atoms with E-state index in [1.54, 1.807) is 12.3 Å². The van der Waals surface area contributed by atoms with Crippen molar-refractivity contribution in [3.8, 4) is 0 Å². The maximum Gasteiger partial charge on any atom is 0.469 e. The van der Waals surface area contributed by atoms with Crippen LogP contribution in [-0.2, 0) is 18.6 Å². The van der Waals surface area contributed by atoms with Crippen LogP contribution in [-0.4, -0.2) is 66.1 Å². The van der Waals surface area contributed by atoms with Gasteiger partial charge in [-0.2, -0.15) is 0 Å². The van der Waals surface area contributed by atoms with Crippen molar-refractivity contribution in [2.45, 2.75) is 31.0 Å². The zero-order chi connectivity index (χ0) is 20.7. The molecule has 28 heavy (non-hydrogen) atoms. The van der Waals surface area contributed by atoms with E-state index in [-0.39, 0.29) is 5.82 Å². The molecule has 1 aliphatic heterocycles. The smallest absolute Gasteiger partial charge is 0.469 e. The molecule has 0 saturated carbocycles. The quantitative estimate of drug-likeness (QED) is 0.309. The van der Waals surface area contributed by atoms with Crippen LogP contribution in [0.25, 0.3) is 17.1 Å². The Balaban J connectivity index is 2.03. The van der Waals surface area contributed by atoms with Crippen molar-refractivity contribution < 1.29 is 38.6 Å². The highest BCUT2D eigenvalue weighted by atomic mass is 31.2. The van der Waals surface area contributed by atoms with Crippen LogP contribution in [0.15, 0.2) is 18.8 Å². The Kier molecular flexibility index (Phi) is 5.47. The summed E-state index contributed by atoms with van der Waals surface area (Å²) < 4.78 is 27.4. The largest absolute Gasteiger partial charge is 0.504 e. The van der Waals surface area contributed by atoms with Gasteiger partial charge in [0.1, 0.15) is 35.6 Å². The zero-order valence-electron chi connectivity index (χ0n) is 15.0. The third kappa shape index (κ3) is 3.76. The SMILES string of the molecule is COC=Cc1cn([C@@H]2O[C@H](COP(=O)(O)O)[C@@H](O)[C@@]2(C)O)c2ncnc(N)c12. The Morgan fingerprint density at radius 2 is 2.18 bits per heavy atom. The van der Waals surface area contributed by atoms with Crippen molar-refractivity contribution in [2.75, 3.05) is 19.5 Å². The molecule has 3 heterocycles. The van der Waals surface area contributed by atoms with Gasteiger partial charge in [0.15, 0.2) is 6.23 Å². The maximum absolute atomic E-state index is 10.9. The van der Waals surface area contributed by atoms with E-state index >= 15 is 0 Å². The highest BCUT2D eigenvalue weighted by Gasteiger charge is 2.54. The third-order valence-corrected chi connectivity index (χ3v) is 4.95. The van der Waals surface area contributed by atoms with Crippen molar-refractivity contribution in [3.63, 3.8) is 0 Å². The summed E-state index contributed by atoms with van der Waals surface area (Å²) in [5.41, 5.74) is 5.05. The summed E-state index contributed by atoms with van der Waals surface area (Å²) in [5, 5.41) is 21.7. The average molecular weight is 416 g/mol. The van der Waals surface area contributed by atoms with E-state index in [1.807, 2.05) is 0 Å². The summed E-state index contributed by atoms with van der Waals surface area (Å²) >= 11 is 0. The number of aromatic nitrogens is 3. The molecule has 2 aromatic rings. The second-order valence-corrected chi connectivity index (χ2v) is 7.71. The Hall–Kier alpha value is -2.05. The van der Waals surface area contributed by atoms with Gasteiger partial charge in [0.05, 0.1) is 25.4 Å². The maximum atomic E-state index is 10.9. The Labute approximate surface area is 159 Å². The molecule has 0 unspecified atom stereocenters. The van der Waals surface area contributed by atoms with Gasteiger partial charge in [-0.15, -0.1) is 0 Å². The van der Waals surface area contributed by atoms with Crippen LogP contribution in [0.4, 0.5) is 5.82 Å². The number of anilines is 1. The van der Waals surface area contributed by atoms with Gasteiger partial charge in [-0.1, -0.05) is 0 Å². The van der Waals surface area contributed by atoms with Crippen LogP contribution >= 0.6 is 7.82 Å². The number of rotatable bonds is 6. The van der Waals surface area contributed by atoms with Crippen molar-refractivity contribution >= 4 is 30.7 Å². The molecule has 0 bridgehead atoms. The zero-order valence-corrected chi connectivity index (χ0v) is 15.9. The molecule has 4 atom stereocenters. The Bertz CT molecular complexity index is 940. The molecule has 1 fully saturated rings. The van der Waals surface area contributed by atoms with Gasteiger partial charge in [0.2, 0.25) is 0 Å².